The first-order chi connectivity index (χ1) is 8.70. The second kappa shape index (κ2) is 6.50. The van der Waals surface area contributed by atoms with Gasteiger partial charge in [-0.3, -0.25) is 0 Å². The van der Waals surface area contributed by atoms with Gasteiger partial charge < -0.3 is 5.32 Å². The third kappa shape index (κ3) is 3.44. The van der Waals surface area contributed by atoms with Gasteiger partial charge in [0.2, 0.25) is 0 Å². The highest BCUT2D eigenvalue weighted by Gasteiger charge is 2.14. The summed E-state index contributed by atoms with van der Waals surface area (Å²) in [5.74, 6) is 0. The number of hydrogen-bond donors (Lipinski definition) is 1. The van der Waals surface area contributed by atoms with Crippen molar-refractivity contribution in [1.29, 1.82) is 0 Å². The lowest BCUT2D eigenvalue weighted by atomic mass is 10.0. The van der Waals surface area contributed by atoms with Crippen LogP contribution >= 0.6 is 27.3 Å². The fourth-order valence-corrected chi connectivity index (χ4v) is 2.98. The summed E-state index contributed by atoms with van der Waals surface area (Å²) in [6.07, 6.45) is 1.15. The van der Waals surface area contributed by atoms with Crippen LogP contribution in [0.3, 0.4) is 0 Å². The number of thiophene rings is 1. The molecule has 0 fully saturated rings. The predicted molar refractivity (Wildman–Crippen MR) is 83.3 cm³/mol. The van der Waals surface area contributed by atoms with Crippen molar-refractivity contribution in [3.8, 4) is 0 Å². The van der Waals surface area contributed by atoms with Gasteiger partial charge in [0.1, 0.15) is 0 Å². The molecule has 1 N–H and O–H groups in total. The van der Waals surface area contributed by atoms with Gasteiger partial charge in [-0.25, -0.2) is 0 Å². The molecule has 0 bridgehead atoms. The van der Waals surface area contributed by atoms with E-state index in [1.54, 1.807) is 0 Å². The SMILES string of the molecule is CCCNC(c1ccc(Br)cc1)c1csc(C)c1. The molecule has 0 aliphatic heterocycles. The van der Waals surface area contributed by atoms with E-state index >= 15 is 0 Å². The second-order valence-corrected chi connectivity index (χ2v) is 6.46. The van der Waals surface area contributed by atoms with E-state index in [9.17, 15) is 0 Å². The molecule has 1 aromatic carbocycles. The van der Waals surface area contributed by atoms with Gasteiger partial charge in [0.15, 0.2) is 0 Å². The minimum absolute atomic E-state index is 0.308. The maximum absolute atomic E-state index is 3.63. The zero-order valence-electron chi connectivity index (χ0n) is 10.7. The molecule has 1 aromatic heterocycles. The van der Waals surface area contributed by atoms with Crippen molar-refractivity contribution < 1.29 is 0 Å². The Morgan fingerprint density at radius 2 is 1.94 bits per heavy atom. The smallest absolute Gasteiger partial charge is 0.0585 e. The number of nitrogens with one attached hydrogen (secondary N) is 1. The van der Waals surface area contributed by atoms with Crippen LogP contribution in [0.5, 0.6) is 0 Å². The summed E-state index contributed by atoms with van der Waals surface area (Å²) in [5.41, 5.74) is 2.69. The van der Waals surface area contributed by atoms with Crippen molar-refractivity contribution in [3.63, 3.8) is 0 Å². The highest BCUT2D eigenvalue weighted by atomic mass is 79.9. The molecule has 0 aliphatic carbocycles. The van der Waals surface area contributed by atoms with E-state index in [1.807, 2.05) is 11.3 Å². The highest BCUT2D eigenvalue weighted by molar-refractivity contribution is 9.10. The number of aryl methyl sites for hydroxylation is 1. The van der Waals surface area contributed by atoms with E-state index < -0.39 is 0 Å². The van der Waals surface area contributed by atoms with Gasteiger partial charge in [-0.1, -0.05) is 35.0 Å². The Balaban J connectivity index is 2.27. The van der Waals surface area contributed by atoms with Crippen molar-refractivity contribution in [2.75, 3.05) is 6.54 Å². The average molecular weight is 324 g/mol. The lowest BCUT2D eigenvalue weighted by molar-refractivity contribution is 0.600. The van der Waals surface area contributed by atoms with Gasteiger partial charge >= 0.3 is 0 Å². The van der Waals surface area contributed by atoms with Gasteiger partial charge in [0.05, 0.1) is 6.04 Å². The summed E-state index contributed by atoms with van der Waals surface area (Å²) in [6.45, 7) is 5.40. The second-order valence-electron chi connectivity index (χ2n) is 4.43. The fraction of sp³-hybridized carbons (Fsp3) is 0.333. The molecule has 1 heterocycles. The summed E-state index contributed by atoms with van der Waals surface area (Å²) >= 11 is 5.30. The fourth-order valence-electron chi connectivity index (χ4n) is 1.99. The largest absolute Gasteiger partial charge is 0.306 e. The summed E-state index contributed by atoms with van der Waals surface area (Å²) in [4.78, 5) is 1.37. The van der Waals surface area contributed by atoms with Crippen molar-refractivity contribution >= 4 is 27.3 Å². The first-order valence-electron chi connectivity index (χ1n) is 6.24. The summed E-state index contributed by atoms with van der Waals surface area (Å²) < 4.78 is 1.13. The van der Waals surface area contributed by atoms with Crippen molar-refractivity contribution in [2.24, 2.45) is 0 Å². The van der Waals surface area contributed by atoms with E-state index in [1.165, 1.54) is 16.0 Å². The Kier molecular flexibility index (Phi) is 4.98. The minimum atomic E-state index is 0.308. The molecule has 1 atom stereocenters. The monoisotopic (exact) mass is 323 g/mol. The van der Waals surface area contributed by atoms with Crippen LogP contribution in [0.25, 0.3) is 0 Å². The zero-order chi connectivity index (χ0) is 13.0. The van der Waals surface area contributed by atoms with Crippen LogP contribution in [0.1, 0.15) is 35.4 Å². The predicted octanol–water partition coefficient (Wildman–Crippen LogP) is 4.91. The Bertz CT molecular complexity index is 489. The standard InChI is InChI=1S/C15H18BrNS/c1-3-8-17-15(13-9-11(2)18-10-13)12-4-6-14(16)7-5-12/h4-7,9-10,15,17H,3,8H2,1-2H3. The molecule has 96 valence electrons. The molecule has 0 radical (unpaired) electrons. The lowest BCUT2D eigenvalue weighted by Gasteiger charge is -2.18. The molecule has 3 heteroatoms. The van der Waals surface area contributed by atoms with E-state index in [-0.39, 0.29) is 0 Å². The van der Waals surface area contributed by atoms with Crippen LogP contribution in [-0.2, 0) is 0 Å². The normalized spacial score (nSPS) is 12.6. The molecule has 0 spiro atoms. The molecular formula is C15H18BrNS. The van der Waals surface area contributed by atoms with Gasteiger partial charge in [-0.15, -0.1) is 11.3 Å². The van der Waals surface area contributed by atoms with Gasteiger partial charge in [-0.2, -0.15) is 0 Å². The minimum Gasteiger partial charge on any atom is -0.306 e. The average Bonchev–Trinajstić information content (AvgIpc) is 2.78. The Morgan fingerprint density at radius 1 is 1.22 bits per heavy atom. The van der Waals surface area contributed by atoms with Crippen LogP contribution in [0, 0.1) is 6.92 Å². The maximum atomic E-state index is 3.63. The molecular weight excluding hydrogens is 306 g/mol. The molecule has 2 rings (SSSR count). The zero-order valence-corrected chi connectivity index (χ0v) is 13.1. The number of rotatable bonds is 5. The molecule has 0 saturated carbocycles. The van der Waals surface area contributed by atoms with E-state index in [0.717, 1.165) is 17.4 Å². The number of benzene rings is 1. The van der Waals surface area contributed by atoms with E-state index in [0.29, 0.717) is 6.04 Å². The van der Waals surface area contributed by atoms with Crippen LogP contribution in [-0.4, -0.2) is 6.54 Å². The highest BCUT2D eigenvalue weighted by Crippen LogP contribution is 2.27. The number of hydrogen-bond acceptors (Lipinski definition) is 2. The Hall–Kier alpha value is -0.640. The van der Waals surface area contributed by atoms with Crippen LogP contribution in [0.15, 0.2) is 40.2 Å². The quantitative estimate of drug-likeness (QED) is 0.824. The molecule has 2 aromatic rings. The first-order valence-corrected chi connectivity index (χ1v) is 7.92. The topological polar surface area (TPSA) is 12.0 Å². The third-order valence-corrected chi connectivity index (χ3v) is 4.29. The van der Waals surface area contributed by atoms with Crippen LogP contribution < -0.4 is 5.32 Å². The molecule has 0 aliphatic rings. The van der Waals surface area contributed by atoms with E-state index in [4.69, 9.17) is 0 Å². The molecule has 1 nitrogen and oxygen atoms in total. The Labute approximate surface area is 121 Å². The molecule has 0 saturated heterocycles. The third-order valence-electron chi connectivity index (χ3n) is 2.89. The van der Waals surface area contributed by atoms with Crippen molar-refractivity contribution in [1.82, 2.24) is 5.32 Å². The molecule has 18 heavy (non-hydrogen) atoms. The Morgan fingerprint density at radius 3 is 2.50 bits per heavy atom. The maximum Gasteiger partial charge on any atom is 0.0585 e. The van der Waals surface area contributed by atoms with E-state index in [2.05, 4.69) is 70.8 Å². The van der Waals surface area contributed by atoms with Gasteiger partial charge in [0, 0.05) is 9.35 Å². The summed E-state index contributed by atoms with van der Waals surface area (Å²) in [6, 6.07) is 11.2. The molecule has 1 unspecified atom stereocenters. The van der Waals surface area contributed by atoms with Crippen molar-refractivity contribution in [2.45, 2.75) is 26.3 Å². The van der Waals surface area contributed by atoms with Crippen molar-refractivity contribution in [3.05, 3.63) is 56.2 Å². The summed E-state index contributed by atoms with van der Waals surface area (Å²) in [7, 11) is 0. The number of halogens is 1. The van der Waals surface area contributed by atoms with Gasteiger partial charge in [0.25, 0.3) is 0 Å². The summed E-state index contributed by atoms with van der Waals surface area (Å²) in [5, 5.41) is 5.88. The van der Waals surface area contributed by atoms with Crippen LogP contribution in [0.4, 0.5) is 0 Å². The molecule has 0 amide bonds. The van der Waals surface area contributed by atoms with Crippen LogP contribution in [0.2, 0.25) is 0 Å². The van der Waals surface area contributed by atoms with Gasteiger partial charge in [-0.05, 0) is 54.6 Å². The lowest BCUT2D eigenvalue weighted by Crippen LogP contribution is -2.22. The first kappa shape index (κ1) is 13.8.